The van der Waals surface area contributed by atoms with Crippen LogP contribution in [-0.2, 0) is 12.8 Å². The second-order valence-corrected chi connectivity index (χ2v) is 8.09. The number of hydrogen-bond acceptors (Lipinski definition) is 5. The van der Waals surface area contributed by atoms with Crippen molar-refractivity contribution >= 4 is 34.3 Å². The van der Waals surface area contributed by atoms with E-state index < -0.39 is 0 Å². The van der Waals surface area contributed by atoms with Gasteiger partial charge in [0.2, 0.25) is 0 Å². The molecule has 2 aromatic heterocycles. The van der Waals surface area contributed by atoms with Crippen molar-refractivity contribution in [3.8, 4) is 21.9 Å². The van der Waals surface area contributed by atoms with Crippen molar-refractivity contribution in [3.63, 3.8) is 0 Å². The summed E-state index contributed by atoms with van der Waals surface area (Å²) in [5.41, 5.74) is 3.30. The van der Waals surface area contributed by atoms with Gasteiger partial charge in [0, 0.05) is 27.1 Å². The van der Waals surface area contributed by atoms with Crippen LogP contribution in [0.25, 0.3) is 10.4 Å². The highest BCUT2D eigenvalue weighted by atomic mass is 32.1. The van der Waals surface area contributed by atoms with Crippen LogP contribution in [0.15, 0.2) is 35.7 Å². The summed E-state index contributed by atoms with van der Waals surface area (Å²) in [6, 6.07) is 9.69. The highest BCUT2D eigenvalue weighted by molar-refractivity contribution is 7.18. The van der Waals surface area contributed by atoms with E-state index in [-0.39, 0.29) is 5.91 Å². The molecular formula is C19H15NO3S2. The van der Waals surface area contributed by atoms with Crippen LogP contribution in [0.4, 0.5) is 5.69 Å². The number of thiophene rings is 2. The molecule has 3 heterocycles. The average Bonchev–Trinajstić information content (AvgIpc) is 3.27. The summed E-state index contributed by atoms with van der Waals surface area (Å²) in [5.74, 6) is 1.33. The third kappa shape index (κ3) is 2.62. The average molecular weight is 369 g/mol. The molecular weight excluding hydrogens is 354 g/mol. The zero-order chi connectivity index (χ0) is 16.8. The molecule has 0 fully saturated rings. The summed E-state index contributed by atoms with van der Waals surface area (Å²) in [5, 5.41) is 5.11. The normalized spacial score (nSPS) is 14.6. The van der Waals surface area contributed by atoms with Crippen LogP contribution < -0.4 is 14.8 Å². The number of ether oxygens (including phenoxy) is 2. The van der Waals surface area contributed by atoms with Gasteiger partial charge >= 0.3 is 0 Å². The maximum atomic E-state index is 12.7. The van der Waals surface area contributed by atoms with Crippen LogP contribution >= 0.6 is 22.7 Å². The van der Waals surface area contributed by atoms with E-state index >= 15 is 0 Å². The van der Waals surface area contributed by atoms with Crippen molar-refractivity contribution in [2.75, 3.05) is 18.5 Å². The number of carbonyl (C=O) groups excluding carboxylic acids is 1. The molecule has 0 bridgehead atoms. The number of rotatable bonds is 2. The Morgan fingerprint density at radius 1 is 1.04 bits per heavy atom. The van der Waals surface area contributed by atoms with Gasteiger partial charge in [-0.1, -0.05) is 0 Å². The van der Waals surface area contributed by atoms with Gasteiger partial charge in [0.1, 0.15) is 13.2 Å². The molecule has 4 nitrogen and oxygen atoms in total. The summed E-state index contributed by atoms with van der Waals surface area (Å²) >= 11 is 3.38. The maximum Gasteiger partial charge on any atom is 0.265 e. The molecule has 0 unspecified atom stereocenters. The Balaban J connectivity index is 1.41. The van der Waals surface area contributed by atoms with Gasteiger partial charge in [-0.05, 0) is 48.1 Å². The van der Waals surface area contributed by atoms with E-state index in [0.29, 0.717) is 19.0 Å². The van der Waals surface area contributed by atoms with Crippen LogP contribution in [0.2, 0.25) is 0 Å². The largest absolute Gasteiger partial charge is 0.486 e. The second-order valence-electron chi connectivity index (χ2n) is 6.04. The highest BCUT2D eigenvalue weighted by Gasteiger charge is 2.22. The summed E-state index contributed by atoms with van der Waals surface area (Å²) < 4.78 is 11.1. The molecule has 1 aliphatic heterocycles. The molecule has 25 heavy (non-hydrogen) atoms. The minimum Gasteiger partial charge on any atom is -0.486 e. The van der Waals surface area contributed by atoms with Gasteiger partial charge in [-0.3, -0.25) is 4.79 Å². The molecule has 3 aromatic rings. The molecule has 2 aliphatic rings. The topological polar surface area (TPSA) is 47.6 Å². The van der Waals surface area contributed by atoms with Crippen molar-refractivity contribution in [1.82, 2.24) is 0 Å². The molecule has 1 N–H and O–H groups in total. The number of aryl methyl sites for hydroxylation is 2. The smallest absolute Gasteiger partial charge is 0.265 e. The number of amides is 1. The fraction of sp³-hybridized carbons (Fsp3) is 0.211. The predicted molar refractivity (Wildman–Crippen MR) is 100 cm³/mol. The Bertz CT molecular complexity index is 973. The van der Waals surface area contributed by atoms with E-state index in [1.54, 1.807) is 22.7 Å². The third-order valence-electron chi connectivity index (χ3n) is 4.44. The first-order chi connectivity index (χ1) is 12.3. The molecule has 1 aromatic carbocycles. The molecule has 1 aliphatic carbocycles. The summed E-state index contributed by atoms with van der Waals surface area (Å²) in [6.07, 6.45) is 2.08. The molecule has 0 saturated heterocycles. The van der Waals surface area contributed by atoms with Gasteiger partial charge in [0.05, 0.1) is 4.88 Å². The third-order valence-corrected chi connectivity index (χ3v) is 6.63. The Kier molecular flexibility index (Phi) is 3.53. The SMILES string of the molecule is O=C(Nc1ccc2c(c1)OCCO2)c1cc2c(s1)-c1ccsc1CC2. The molecule has 0 saturated carbocycles. The van der Waals surface area contributed by atoms with Gasteiger partial charge in [0.15, 0.2) is 11.5 Å². The first-order valence-electron chi connectivity index (χ1n) is 8.18. The van der Waals surface area contributed by atoms with E-state index in [1.165, 1.54) is 20.9 Å². The Hall–Kier alpha value is -2.31. The molecule has 0 radical (unpaired) electrons. The number of benzene rings is 1. The first-order valence-corrected chi connectivity index (χ1v) is 9.88. The fourth-order valence-corrected chi connectivity index (χ4v) is 5.36. The predicted octanol–water partition coefficient (Wildman–Crippen LogP) is 4.60. The van der Waals surface area contributed by atoms with Crippen molar-refractivity contribution in [1.29, 1.82) is 0 Å². The van der Waals surface area contributed by atoms with Gasteiger partial charge in [-0.15, -0.1) is 22.7 Å². The highest BCUT2D eigenvalue weighted by Crippen LogP contribution is 2.42. The lowest BCUT2D eigenvalue weighted by Gasteiger charge is -2.18. The Morgan fingerprint density at radius 2 is 1.92 bits per heavy atom. The van der Waals surface area contributed by atoms with Gasteiger partial charge in [-0.2, -0.15) is 0 Å². The minimum absolute atomic E-state index is 0.0761. The first kappa shape index (κ1) is 15.0. The lowest BCUT2D eigenvalue weighted by molar-refractivity contribution is 0.103. The Morgan fingerprint density at radius 3 is 2.84 bits per heavy atom. The van der Waals surface area contributed by atoms with Crippen molar-refractivity contribution in [2.45, 2.75) is 12.8 Å². The molecule has 0 spiro atoms. The quantitative estimate of drug-likeness (QED) is 0.718. The lowest BCUT2D eigenvalue weighted by Crippen LogP contribution is -2.16. The molecule has 1 amide bonds. The van der Waals surface area contributed by atoms with Crippen molar-refractivity contribution in [2.24, 2.45) is 0 Å². The van der Waals surface area contributed by atoms with Gasteiger partial charge in [-0.25, -0.2) is 0 Å². The second kappa shape index (κ2) is 5.89. The van der Waals surface area contributed by atoms with Crippen LogP contribution in [-0.4, -0.2) is 19.1 Å². The summed E-state index contributed by atoms with van der Waals surface area (Å²) in [4.78, 5) is 16.1. The van der Waals surface area contributed by atoms with Crippen LogP contribution in [0.3, 0.4) is 0 Å². The maximum absolute atomic E-state index is 12.7. The number of fused-ring (bicyclic) bond motifs is 4. The zero-order valence-corrected chi connectivity index (χ0v) is 15.0. The minimum atomic E-state index is -0.0761. The van der Waals surface area contributed by atoms with Crippen LogP contribution in [0.5, 0.6) is 11.5 Å². The molecule has 6 heteroatoms. The van der Waals surface area contributed by atoms with E-state index in [0.717, 1.165) is 29.2 Å². The number of carbonyl (C=O) groups is 1. The number of hydrogen-bond donors (Lipinski definition) is 1. The Labute approximate surface area is 153 Å². The van der Waals surface area contributed by atoms with Crippen LogP contribution in [0, 0.1) is 0 Å². The van der Waals surface area contributed by atoms with Gasteiger partial charge < -0.3 is 14.8 Å². The van der Waals surface area contributed by atoms with E-state index in [1.807, 2.05) is 24.3 Å². The van der Waals surface area contributed by atoms with Gasteiger partial charge in [0.25, 0.3) is 5.91 Å². The fourth-order valence-electron chi connectivity index (χ4n) is 3.25. The standard InChI is InChI=1S/C19H15NO3S2/c21-19(20-12-2-3-14-15(10-12)23-7-6-22-14)17-9-11-1-4-16-13(5-8-24-16)18(11)25-17/h2-3,5,8-10H,1,4,6-7H2,(H,20,21). The monoisotopic (exact) mass is 369 g/mol. The molecule has 126 valence electrons. The van der Waals surface area contributed by atoms with Crippen molar-refractivity contribution < 1.29 is 14.3 Å². The van der Waals surface area contributed by atoms with E-state index in [9.17, 15) is 4.79 Å². The summed E-state index contributed by atoms with van der Waals surface area (Å²) in [7, 11) is 0. The summed E-state index contributed by atoms with van der Waals surface area (Å²) in [6.45, 7) is 1.09. The number of nitrogens with one attached hydrogen (secondary N) is 1. The lowest BCUT2D eigenvalue weighted by atomic mass is 9.98. The number of anilines is 1. The molecule has 0 atom stereocenters. The van der Waals surface area contributed by atoms with E-state index in [2.05, 4.69) is 16.8 Å². The van der Waals surface area contributed by atoms with E-state index in [4.69, 9.17) is 9.47 Å². The van der Waals surface area contributed by atoms with Crippen LogP contribution in [0.1, 0.15) is 20.1 Å². The zero-order valence-electron chi connectivity index (χ0n) is 13.3. The molecule has 5 rings (SSSR count). The van der Waals surface area contributed by atoms with Crippen molar-refractivity contribution in [3.05, 3.63) is 51.0 Å².